The van der Waals surface area contributed by atoms with Gasteiger partial charge < -0.3 is 5.73 Å². The summed E-state index contributed by atoms with van der Waals surface area (Å²) in [7, 11) is 0. The van der Waals surface area contributed by atoms with Crippen LogP contribution >= 0.6 is 0 Å². The Labute approximate surface area is 124 Å². The lowest BCUT2D eigenvalue weighted by molar-refractivity contribution is 0.0580. The zero-order valence-electron chi connectivity index (χ0n) is 13.5. The Balaban J connectivity index is 1.70. The molecule has 0 saturated carbocycles. The van der Waals surface area contributed by atoms with E-state index in [4.69, 9.17) is 11.1 Å². The molecule has 20 heavy (non-hydrogen) atoms. The van der Waals surface area contributed by atoms with Crippen molar-refractivity contribution in [1.29, 1.82) is 5.41 Å². The Bertz CT molecular complexity index is 339. The van der Waals surface area contributed by atoms with E-state index in [0.717, 1.165) is 12.5 Å². The summed E-state index contributed by atoms with van der Waals surface area (Å²) in [6, 6.07) is 1.52. The summed E-state index contributed by atoms with van der Waals surface area (Å²) in [5.74, 6) is 0.324. The van der Waals surface area contributed by atoms with Gasteiger partial charge in [-0.2, -0.15) is 0 Å². The van der Waals surface area contributed by atoms with E-state index >= 15 is 0 Å². The lowest BCUT2D eigenvalue weighted by Crippen LogP contribution is -2.55. The van der Waals surface area contributed by atoms with Gasteiger partial charge in [-0.15, -0.1) is 0 Å². The fourth-order valence-electron chi connectivity index (χ4n) is 3.58. The smallest absolute Gasteiger partial charge is 0.0963 e. The Kier molecular flexibility index (Phi) is 5.08. The fourth-order valence-corrected chi connectivity index (χ4v) is 3.58. The minimum Gasteiger partial charge on any atom is -0.387 e. The lowest BCUT2D eigenvalue weighted by Gasteiger charge is -2.42. The van der Waals surface area contributed by atoms with Crippen LogP contribution in [0.3, 0.4) is 0 Å². The SMILES string of the molecule is CC1CN2CCCC2CN1CCCCC(C)(C)C(=N)N. The van der Waals surface area contributed by atoms with E-state index in [1.165, 1.54) is 51.9 Å². The molecule has 4 heteroatoms. The third-order valence-electron chi connectivity index (χ3n) is 5.29. The highest BCUT2D eigenvalue weighted by atomic mass is 15.3. The van der Waals surface area contributed by atoms with Crippen LogP contribution in [-0.2, 0) is 0 Å². The Morgan fingerprint density at radius 2 is 2.05 bits per heavy atom. The molecule has 2 aliphatic rings. The zero-order chi connectivity index (χ0) is 14.8. The van der Waals surface area contributed by atoms with E-state index in [-0.39, 0.29) is 5.41 Å². The number of hydrogen-bond donors (Lipinski definition) is 2. The molecule has 0 aromatic heterocycles. The number of unbranched alkanes of at least 4 members (excludes halogenated alkanes) is 1. The molecule has 4 nitrogen and oxygen atoms in total. The van der Waals surface area contributed by atoms with Gasteiger partial charge in [0.2, 0.25) is 0 Å². The van der Waals surface area contributed by atoms with Gasteiger partial charge in [-0.1, -0.05) is 20.3 Å². The predicted octanol–water partition coefficient (Wildman–Crippen LogP) is 2.29. The first-order chi connectivity index (χ1) is 9.40. The maximum Gasteiger partial charge on any atom is 0.0963 e. The van der Waals surface area contributed by atoms with Gasteiger partial charge in [0.15, 0.2) is 0 Å². The minimum absolute atomic E-state index is 0.129. The van der Waals surface area contributed by atoms with Crippen LogP contribution in [0, 0.1) is 10.8 Å². The molecule has 0 aromatic carbocycles. The van der Waals surface area contributed by atoms with E-state index in [2.05, 4.69) is 30.6 Å². The highest BCUT2D eigenvalue weighted by Crippen LogP contribution is 2.26. The lowest BCUT2D eigenvalue weighted by atomic mass is 9.86. The van der Waals surface area contributed by atoms with Gasteiger partial charge in [0.25, 0.3) is 0 Å². The fraction of sp³-hybridized carbons (Fsp3) is 0.938. The quantitative estimate of drug-likeness (QED) is 0.446. The molecule has 0 radical (unpaired) electrons. The van der Waals surface area contributed by atoms with Crippen molar-refractivity contribution < 1.29 is 0 Å². The average Bonchev–Trinajstić information content (AvgIpc) is 2.81. The summed E-state index contributed by atoms with van der Waals surface area (Å²) < 4.78 is 0. The topological polar surface area (TPSA) is 56.4 Å². The second kappa shape index (κ2) is 6.44. The zero-order valence-corrected chi connectivity index (χ0v) is 13.5. The number of nitrogens with two attached hydrogens (primary N) is 1. The summed E-state index contributed by atoms with van der Waals surface area (Å²) in [5.41, 5.74) is 5.51. The van der Waals surface area contributed by atoms with Crippen LogP contribution in [0.15, 0.2) is 0 Å². The van der Waals surface area contributed by atoms with Gasteiger partial charge in [-0.3, -0.25) is 15.2 Å². The number of hydrogen-bond acceptors (Lipinski definition) is 3. The van der Waals surface area contributed by atoms with Crippen LogP contribution in [0.1, 0.15) is 52.9 Å². The van der Waals surface area contributed by atoms with Crippen LogP contribution in [-0.4, -0.2) is 53.9 Å². The number of amidine groups is 1. The maximum atomic E-state index is 7.60. The first kappa shape index (κ1) is 15.8. The maximum absolute atomic E-state index is 7.60. The van der Waals surface area contributed by atoms with Crippen molar-refractivity contribution in [3.63, 3.8) is 0 Å². The molecule has 2 atom stereocenters. The predicted molar refractivity (Wildman–Crippen MR) is 85.2 cm³/mol. The summed E-state index contributed by atoms with van der Waals surface area (Å²) in [4.78, 5) is 5.35. The van der Waals surface area contributed by atoms with Gasteiger partial charge in [0.1, 0.15) is 0 Å². The Morgan fingerprint density at radius 1 is 1.30 bits per heavy atom. The molecule has 2 heterocycles. The second-order valence-electron chi connectivity index (χ2n) is 7.39. The van der Waals surface area contributed by atoms with Crippen molar-refractivity contribution in [3.05, 3.63) is 0 Å². The summed E-state index contributed by atoms with van der Waals surface area (Å²) >= 11 is 0. The van der Waals surface area contributed by atoms with Crippen molar-refractivity contribution in [1.82, 2.24) is 9.80 Å². The number of fused-ring (bicyclic) bond motifs is 1. The highest BCUT2D eigenvalue weighted by Gasteiger charge is 2.33. The summed E-state index contributed by atoms with van der Waals surface area (Å²) in [6.45, 7) is 11.6. The standard InChI is InChI=1S/C16H32N4/c1-13-11-20-10-6-7-14(20)12-19(13)9-5-4-8-16(2,3)15(17)18/h13-14H,4-12H2,1-3H3,(H3,17,18). The summed E-state index contributed by atoms with van der Waals surface area (Å²) in [6.07, 6.45) is 6.21. The van der Waals surface area contributed by atoms with E-state index < -0.39 is 0 Å². The molecule has 2 fully saturated rings. The minimum atomic E-state index is -0.129. The number of piperazine rings is 1. The first-order valence-electron chi connectivity index (χ1n) is 8.23. The second-order valence-corrected chi connectivity index (χ2v) is 7.39. The van der Waals surface area contributed by atoms with Gasteiger partial charge in [0, 0.05) is 30.6 Å². The van der Waals surface area contributed by atoms with Crippen LogP contribution in [0.4, 0.5) is 0 Å². The van der Waals surface area contributed by atoms with Gasteiger partial charge in [-0.05, 0) is 45.7 Å². The monoisotopic (exact) mass is 280 g/mol. The third-order valence-corrected chi connectivity index (χ3v) is 5.29. The van der Waals surface area contributed by atoms with Crippen molar-refractivity contribution in [2.75, 3.05) is 26.2 Å². The van der Waals surface area contributed by atoms with Gasteiger partial charge in [0.05, 0.1) is 5.84 Å². The van der Waals surface area contributed by atoms with E-state index in [1.807, 2.05) is 0 Å². The van der Waals surface area contributed by atoms with Crippen molar-refractivity contribution in [2.45, 2.75) is 65.0 Å². The summed E-state index contributed by atoms with van der Waals surface area (Å²) in [5, 5.41) is 7.60. The van der Waals surface area contributed by atoms with E-state index in [0.29, 0.717) is 11.9 Å². The highest BCUT2D eigenvalue weighted by molar-refractivity contribution is 5.82. The van der Waals surface area contributed by atoms with Gasteiger partial charge >= 0.3 is 0 Å². The average molecular weight is 280 g/mol. The largest absolute Gasteiger partial charge is 0.387 e. The molecule has 116 valence electrons. The molecule has 3 N–H and O–H groups in total. The first-order valence-corrected chi connectivity index (χ1v) is 8.23. The van der Waals surface area contributed by atoms with Crippen molar-refractivity contribution in [3.8, 4) is 0 Å². The molecule has 0 spiro atoms. The molecular formula is C16H32N4. The Hall–Kier alpha value is -0.610. The van der Waals surface area contributed by atoms with E-state index in [9.17, 15) is 0 Å². The number of nitrogens with one attached hydrogen (secondary N) is 1. The molecule has 2 unspecified atom stereocenters. The Morgan fingerprint density at radius 3 is 2.75 bits per heavy atom. The molecule has 0 bridgehead atoms. The molecular weight excluding hydrogens is 248 g/mol. The van der Waals surface area contributed by atoms with Gasteiger partial charge in [-0.25, -0.2) is 0 Å². The van der Waals surface area contributed by atoms with Crippen LogP contribution in [0.5, 0.6) is 0 Å². The van der Waals surface area contributed by atoms with Crippen molar-refractivity contribution in [2.24, 2.45) is 11.1 Å². The molecule has 0 aliphatic carbocycles. The molecule has 2 aliphatic heterocycles. The molecule has 0 aromatic rings. The van der Waals surface area contributed by atoms with Crippen LogP contribution < -0.4 is 5.73 Å². The molecule has 0 amide bonds. The van der Waals surface area contributed by atoms with E-state index in [1.54, 1.807) is 0 Å². The number of rotatable bonds is 6. The van der Waals surface area contributed by atoms with Crippen LogP contribution in [0.2, 0.25) is 0 Å². The third kappa shape index (κ3) is 3.73. The molecule has 2 rings (SSSR count). The normalized spacial score (nSPS) is 28.6. The van der Waals surface area contributed by atoms with Crippen LogP contribution in [0.25, 0.3) is 0 Å². The van der Waals surface area contributed by atoms with Crippen molar-refractivity contribution >= 4 is 5.84 Å². The molecule has 2 saturated heterocycles. The number of nitrogens with zero attached hydrogens (tertiary/aromatic N) is 2.